The number of hydrogen-bond donors (Lipinski definition) is 1. The molecule has 0 aromatic rings. The molecule has 1 N–H and O–H groups in total. The molecule has 0 atom stereocenters. The summed E-state index contributed by atoms with van der Waals surface area (Å²) in [5.41, 5.74) is 0. The second kappa shape index (κ2) is 6.19. The Kier molecular flexibility index (Phi) is 7.98. The monoisotopic (exact) mass is 267 g/mol. The highest BCUT2D eigenvalue weighted by Crippen LogP contribution is 1.99. The number of hydrogen-bond acceptors (Lipinski definition) is 2. The smallest absolute Gasteiger partial charge is 0.273 e. The maximum atomic E-state index is 10.3. The topological polar surface area (TPSA) is 57.6 Å². The fraction of sp³-hybridized carbons (Fsp3) is 1.00. The van der Waals surface area contributed by atoms with Gasteiger partial charge in [0.2, 0.25) is 0 Å². The van der Waals surface area contributed by atoms with Crippen LogP contribution in [0, 0.1) is 0 Å². The van der Waals surface area contributed by atoms with Crippen molar-refractivity contribution < 1.29 is 13.0 Å². The van der Waals surface area contributed by atoms with E-state index in [-0.39, 0.29) is 29.5 Å². The average molecular weight is 269 g/mol. The molecule has 0 fully saturated rings. The summed E-state index contributed by atoms with van der Waals surface area (Å²) in [4.78, 5) is 0. The molecule has 0 aromatic heterocycles. The molecule has 0 rings (SSSR count). The van der Waals surface area contributed by atoms with Crippen LogP contribution < -0.4 is 0 Å². The van der Waals surface area contributed by atoms with Gasteiger partial charge in [-0.3, -0.25) is 4.55 Å². The number of halogens is 2. The summed E-state index contributed by atoms with van der Waals surface area (Å²) in [6, 6.07) is -0.202. The highest BCUT2D eigenvalue weighted by Gasteiger charge is 2.15. The van der Waals surface area contributed by atoms with Crippen molar-refractivity contribution in [3.8, 4) is 0 Å². The zero-order chi connectivity index (χ0) is 8.20. The predicted octanol–water partition coefficient (Wildman–Crippen LogP) is 1.28. The van der Waals surface area contributed by atoms with E-state index in [1.165, 1.54) is 0 Å². The second-order valence-corrected chi connectivity index (χ2v) is 3.42. The molecule has 0 unspecified atom stereocenters. The average Bonchev–Trinajstić information content (AvgIpc) is 1.80. The van der Waals surface area contributed by atoms with Crippen LogP contribution in [-0.2, 0) is 10.3 Å². The second-order valence-electron chi connectivity index (χ2n) is 1.77. The molecule has 7 heteroatoms. The Morgan fingerprint density at radius 3 is 2.09 bits per heavy atom. The molecule has 0 heterocycles. The molecule has 0 amide bonds. The molecule has 0 saturated carbocycles. The summed E-state index contributed by atoms with van der Waals surface area (Å²) in [7, 11) is -4.08. The van der Waals surface area contributed by atoms with Crippen LogP contribution in [0.4, 0.5) is 0 Å². The third kappa shape index (κ3) is 5.86. The summed E-state index contributed by atoms with van der Waals surface area (Å²) in [5.74, 6) is 0. The molecule has 70 valence electrons. The van der Waals surface area contributed by atoms with Crippen LogP contribution in [0.1, 0.15) is 13.3 Å². The fourth-order valence-corrected chi connectivity index (χ4v) is 1.51. The minimum absolute atomic E-state index is 0. The van der Waals surface area contributed by atoms with E-state index in [1.807, 2.05) is 0 Å². The van der Waals surface area contributed by atoms with Crippen LogP contribution in [-0.4, -0.2) is 29.8 Å². The number of nitrogens with zero attached hydrogens (tertiary/aromatic N) is 1. The molecule has 0 radical (unpaired) electrons. The molecule has 0 spiro atoms. The minimum Gasteiger partial charge on any atom is -0.273 e. The Labute approximate surface area is 82.2 Å². The predicted molar refractivity (Wildman–Crippen MR) is 49.6 cm³/mol. The Balaban J connectivity index is 0. The van der Waals surface area contributed by atoms with Gasteiger partial charge in [0, 0.05) is 6.54 Å². The van der Waals surface area contributed by atoms with Gasteiger partial charge in [0.1, 0.15) is 0 Å². The Morgan fingerprint density at radius 1 is 1.55 bits per heavy atom. The highest BCUT2D eigenvalue weighted by molar-refractivity contribution is 8.93. The first-order chi connectivity index (χ1) is 4.52. The van der Waals surface area contributed by atoms with Crippen molar-refractivity contribution in [3.63, 3.8) is 0 Å². The molecule has 0 aliphatic carbocycles. The zero-order valence-electron chi connectivity index (χ0n) is 6.03. The van der Waals surface area contributed by atoms with Gasteiger partial charge in [-0.05, 0) is 6.42 Å². The Hall–Kier alpha value is 0.640. The summed E-state index contributed by atoms with van der Waals surface area (Å²) in [5, 5.41) is 0. The first kappa shape index (κ1) is 14.2. The highest BCUT2D eigenvalue weighted by atomic mass is 79.9. The van der Waals surface area contributed by atoms with E-state index < -0.39 is 10.3 Å². The molecule has 0 aliphatic heterocycles. The van der Waals surface area contributed by atoms with E-state index in [0.29, 0.717) is 6.42 Å². The first-order valence-electron chi connectivity index (χ1n) is 2.81. The van der Waals surface area contributed by atoms with E-state index in [1.54, 1.807) is 6.92 Å². The van der Waals surface area contributed by atoms with Crippen LogP contribution in [0.2, 0.25) is 0 Å². The summed E-state index contributed by atoms with van der Waals surface area (Å²) in [6.45, 7) is 2.05. The van der Waals surface area contributed by atoms with E-state index in [2.05, 4.69) is 0 Å². The van der Waals surface area contributed by atoms with Gasteiger partial charge < -0.3 is 0 Å². The third-order valence-electron chi connectivity index (χ3n) is 0.933. The van der Waals surface area contributed by atoms with Crippen molar-refractivity contribution >= 4 is 38.9 Å². The van der Waals surface area contributed by atoms with Crippen LogP contribution in [0.3, 0.4) is 0 Å². The summed E-state index contributed by atoms with van der Waals surface area (Å²) >= 11 is 5.22. The standard InChI is InChI=1S/C4H10ClNO3S.BrH/c1-2-3-6(4-5)10(7,8)9;/h2-4H2,1H3,(H,7,8,9);1H. The van der Waals surface area contributed by atoms with Crippen molar-refractivity contribution in [1.29, 1.82) is 0 Å². The quantitative estimate of drug-likeness (QED) is 0.475. The van der Waals surface area contributed by atoms with Gasteiger partial charge in [0.15, 0.2) is 0 Å². The minimum atomic E-state index is -4.08. The van der Waals surface area contributed by atoms with Crippen molar-refractivity contribution in [2.75, 3.05) is 12.5 Å². The van der Waals surface area contributed by atoms with Crippen molar-refractivity contribution in [1.82, 2.24) is 4.31 Å². The molecule has 0 bridgehead atoms. The van der Waals surface area contributed by atoms with Crippen LogP contribution in [0.25, 0.3) is 0 Å². The lowest BCUT2D eigenvalue weighted by Gasteiger charge is -2.12. The van der Waals surface area contributed by atoms with Gasteiger partial charge in [-0.25, -0.2) is 0 Å². The lowest BCUT2D eigenvalue weighted by atomic mass is 10.5. The molecular weight excluding hydrogens is 257 g/mol. The molecular formula is C4H11BrClNO3S. The molecule has 4 nitrogen and oxygen atoms in total. The fourth-order valence-electron chi connectivity index (χ4n) is 0.486. The Morgan fingerprint density at radius 2 is 2.00 bits per heavy atom. The van der Waals surface area contributed by atoms with Crippen LogP contribution >= 0.6 is 28.6 Å². The molecule has 0 saturated heterocycles. The van der Waals surface area contributed by atoms with E-state index in [9.17, 15) is 8.42 Å². The van der Waals surface area contributed by atoms with Gasteiger partial charge >= 0.3 is 10.3 Å². The summed E-state index contributed by atoms with van der Waals surface area (Å²) < 4.78 is 29.9. The zero-order valence-corrected chi connectivity index (χ0v) is 9.31. The normalized spacial score (nSPS) is 11.3. The van der Waals surface area contributed by atoms with Gasteiger partial charge in [-0.2, -0.15) is 12.7 Å². The lowest BCUT2D eigenvalue weighted by Crippen LogP contribution is -2.29. The SMILES string of the molecule is Br.CCCN(CCl)S(=O)(=O)O. The van der Waals surface area contributed by atoms with Gasteiger partial charge in [0.05, 0.1) is 6.00 Å². The largest absolute Gasteiger partial charge is 0.337 e. The maximum Gasteiger partial charge on any atom is 0.337 e. The number of rotatable bonds is 4. The van der Waals surface area contributed by atoms with Gasteiger partial charge in [0.25, 0.3) is 0 Å². The van der Waals surface area contributed by atoms with Gasteiger partial charge in [-0.15, -0.1) is 28.6 Å². The Bertz CT molecular complexity index is 184. The maximum absolute atomic E-state index is 10.3. The van der Waals surface area contributed by atoms with Crippen LogP contribution in [0.15, 0.2) is 0 Å². The van der Waals surface area contributed by atoms with E-state index in [4.69, 9.17) is 16.2 Å². The van der Waals surface area contributed by atoms with Crippen molar-refractivity contribution in [2.45, 2.75) is 13.3 Å². The van der Waals surface area contributed by atoms with E-state index in [0.717, 1.165) is 4.31 Å². The first-order valence-corrected chi connectivity index (χ1v) is 4.74. The summed E-state index contributed by atoms with van der Waals surface area (Å²) in [6.07, 6.45) is 0.631. The number of alkyl halides is 1. The van der Waals surface area contributed by atoms with Crippen LogP contribution in [0.5, 0.6) is 0 Å². The third-order valence-corrected chi connectivity index (χ3v) is 2.33. The van der Waals surface area contributed by atoms with E-state index >= 15 is 0 Å². The molecule has 11 heavy (non-hydrogen) atoms. The van der Waals surface area contributed by atoms with Crippen molar-refractivity contribution in [2.24, 2.45) is 0 Å². The molecule has 0 aliphatic rings. The molecule has 0 aromatic carbocycles. The van der Waals surface area contributed by atoms with Gasteiger partial charge in [-0.1, -0.05) is 6.92 Å². The van der Waals surface area contributed by atoms with Crippen molar-refractivity contribution in [3.05, 3.63) is 0 Å². The lowest BCUT2D eigenvalue weighted by molar-refractivity contribution is 0.378.